The highest BCUT2D eigenvalue weighted by Crippen LogP contribution is 2.23. The first-order valence-corrected chi connectivity index (χ1v) is 6.53. The molecule has 0 unspecified atom stereocenters. The van der Waals surface area contributed by atoms with Crippen molar-refractivity contribution in [2.24, 2.45) is 5.92 Å². The summed E-state index contributed by atoms with van der Waals surface area (Å²) in [4.78, 5) is 11.8. The third-order valence-electron chi connectivity index (χ3n) is 3.11. The lowest BCUT2D eigenvalue weighted by Crippen LogP contribution is -2.27. The van der Waals surface area contributed by atoms with Crippen LogP contribution in [0.2, 0.25) is 0 Å². The molecule has 1 aliphatic heterocycles. The van der Waals surface area contributed by atoms with Gasteiger partial charge in [0.2, 0.25) is 0 Å². The Bertz CT molecular complexity index is 356. The number of piperidine rings is 1. The van der Waals surface area contributed by atoms with Crippen LogP contribution in [-0.4, -0.2) is 18.9 Å². The van der Waals surface area contributed by atoms with Crippen molar-refractivity contribution < 1.29 is 9.21 Å². The summed E-state index contributed by atoms with van der Waals surface area (Å²) in [6, 6.07) is 1.76. The summed E-state index contributed by atoms with van der Waals surface area (Å²) in [5.41, 5.74) is 0. The maximum Gasteiger partial charge on any atom is 0.199 e. The van der Waals surface area contributed by atoms with E-state index < -0.39 is 0 Å². The van der Waals surface area contributed by atoms with Gasteiger partial charge in [-0.2, -0.15) is 0 Å². The summed E-state index contributed by atoms with van der Waals surface area (Å²) in [5.74, 6) is 1.27. The first kappa shape index (κ1) is 11.9. The van der Waals surface area contributed by atoms with Crippen molar-refractivity contribution in [3.63, 3.8) is 0 Å². The second-order valence-electron chi connectivity index (χ2n) is 4.25. The fourth-order valence-corrected chi connectivity index (χ4v) is 2.53. The number of rotatable bonds is 4. The molecule has 88 valence electrons. The number of carbonyl (C=O) groups excluding carboxylic acids is 1. The normalized spacial score (nSPS) is 17.6. The van der Waals surface area contributed by atoms with E-state index >= 15 is 0 Å². The topological polar surface area (TPSA) is 42.2 Å². The van der Waals surface area contributed by atoms with Gasteiger partial charge in [-0.05, 0) is 60.3 Å². The molecule has 1 aromatic heterocycles. The van der Waals surface area contributed by atoms with Crippen molar-refractivity contribution in [2.75, 3.05) is 13.1 Å². The van der Waals surface area contributed by atoms with E-state index in [0.29, 0.717) is 18.1 Å². The Morgan fingerprint density at radius 2 is 2.25 bits per heavy atom. The fraction of sp³-hybridized carbons (Fsp3) is 0.583. The molecular formula is C12H16BrNO2. The van der Waals surface area contributed by atoms with Crippen LogP contribution in [0.5, 0.6) is 0 Å². The Morgan fingerprint density at radius 3 is 2.88 bits per heavy atom. The number of hydrogen-bond donors (Lipinski definition) is 1. The van der Waals surface area contributed by atoms with Crippen molar-refractivity contribution in [1.82, 2.24) is 5.32 Å². The van der Waals surface area contributed by atoms with Crippen LogP contribution >= 0.6 is 15.9 Å². The second kappa shape index (κ2) is 5.64. The van der Waals surface area contributed by atoms with E-state index in [4.69, 9.17) is 4.42 Å². The molecule has 2 heterocycles. The quantitative estimate of drug-likeness (QED) is 0.865. The van der Waals surface area contributed by atoms with Gasteiger partial charge in [0.1, 0.15) is 0 Å². The van der Waals surface area contributed by atoms with E-state index in [0.717, 1.165) is 24.0 Å². The predicted octanol–water partition coefficient (Wildman–Crippen LogP) is 3.00. The molecule has 3 nitrogen and oxygen atoms in total. The van der Waals surface area contributed by atoms with Gasteiger partial charge in [0.15, 0.2) is 11.5 Å². The smallest absolute Gasteiger partial charge is 0.199 e. The van der Waals surface area contributed by atoms with E-state index in [9.17, 15) is 4.79 Å². The van der Waals surface area contributed by atoms with Crippen molar-refractivity contribution in [1.29, 1.82) is 0 Å². The van der Waals surface area contributed by atoms with Gasteiger partial charge in [0.25, 0.3) is 0 Å². The number of nitrogens with one attached hydrogen (secondary N) is 1. The molecule has 1 saturated heterocycles. The second-order valence-corrected chi connectivity index (χ2v) is 5.11. The van der Waals surface area contributed by atoms with Crippen molar-refractivity contribution in [3.05, 3.63) is 22.6 Å². The highest BCUT2D eigenvalue weighted by atomic mass is 79.9. The minimum atomic E-state index is 0.107. The van der Waals surface area contributed by atoms with Gasteiger partial charge < -0.3 is 9.73 Å². The molecular weight excluding hydrogens is 270 g/mol. The minimum Gasteiger partial charge on any atom is -0.460 e. The van der Waals surface area contributed by atoms with E-state index in [1.807, 2.05) is 0 Å². The molecule has 0 amide bonds. The van der Waals surface area contributed by atoms with Crippen LogP contribution in [0.15, 0.2) is 21.2 Å². The first-order chi connectivity index (χ1) is 7.77. The number of carbonyl (C=O) groups is 1. The Hall–Kier alpha value is -0.610. The average molecular weight is 286 g/mol. The summed E-state index contributed by atoms with van der Waals surface area (Å²) in [6.45, 7) is 2.17. The van der Waals surface area contributed by atoms with E-state index in [1.165, 1.54) is 12.8 Å². The molecule has 1 aliphatic rings. The van der Waals surface area contributed by atoms with Crippen LogP contribution in [0.4, 0.5) is 0 Å². The van der Waals surface area contributed by atoms with Crippen LogP contribution in [0, 0.1) is 5.92 Å². The number of Topliss-reactive ketones (excluding diaryl/α,β-unsaturated/α-hetero) is 1. The number of halogens is 1. The third-order valence-corrected chi connectivity index (χ3v) is 3.73. The molecule has 0 bridgehead atoms. The first-order valence-electron chi connectivity index (χ1n) is 5.74. The van der Waals surface area contributed by atoms with Crippen molar-refractivity contribution in [2.45, 2.75) is 25.7 Å². The molecule has 2 rings (SSSR count). The zero-order chi connectivity index (χ0) is 11.4. The van der Waals surface area contributed by atoms with E-state index in [1.54, 1.807) is 12.3 Å². The average Bonchev–Trinajstić information content (AvgIpc) is 2.74. The lowest BCUT2D eigenvalue weighted by Gasteiger charge is -2.21. The summed E-state index contributed by atoms with van der Waals surface area (Å²) in [6.07, 6.45) is 5.49. The van der Waals surface area contributed by atoms with Crippen LogP contribution in [-0.2, 0) is 0 Å². The van der Waals surface area contributed by atoms with Gasteiger partial charge in [0, 0.05) is 6.42 Å². The van der Waals surface area contributed by atoms with Gasteiger partial charge in [-0.3, -0.25) is 4.79 Å². The number of ketones is 1. The van der Waals surface area contributed by atoms with Gasteiger partial charge in [-0.15, -0.1) is 0 Å². The largest absolute Gasteiger partial charge is 0.460 e. The molecule has 4 heteroatoms. The summed E-state index contributed by atoms with van der Waals surface area (Å²) < 4.78 is 5.92. The molecule has 0 aliphatic carbocycles. The van der Waals surface area contributed by atoms with Gasteiger partial charge in [-0.25, -0.2) is 0 Å². The Balaban J connectivity index is 1.81. The maximum absolute atomic E-state index is 11.8. The highest BCUT2D eigenvalue weighted by molar-refractivity contribution is 9.10. The van der Waals surface area contributed by atoms with Gasteiger partial charge in [0.05, 0.1) is 10.7 Å². The van der Waals surface area contributed by atoms with Crippen molar-refractivity contribution >= 4 is 21.7 Å². The van der Waals surface area contributed by atoms with E-state index in [2.05, 4.69) is 21.2 Å². The molecule has 0 aromatic carbocycles. The Kier molecular flexibility index (Phi) is 4.18. The molecule has 1 aromatic rings. The zero-order valence-corrected chi connectivity index (χ0v) is 10.8. The number of hydrogen-bond acceptors (Lipinski definition) is 3. The number of furan rings is 1. The van der Waals surface area contributed by atoms with Crippen LogP contribution < -0.4 is 5.32 Å². The van der Waals surface area contributed by atoms with Gasteiger partial charge in [-0.1, -0.05) is 0 Å². The highest BCUT2D eigenvalue weighted by Gasteiger charge is 2.18. The van der Waals surface area contributed by atoms with E-state index in [-0.39, 0.29) is 5.78 Å². The predicted molar refractivity (Wildman–Crippen MR) is 65.6 cm³/mol. The van der Waals surface area contributed by atoms with Crippen LogP contribution in [0.25, 0.3) is 0 Å². The molecule has 0 saturated carbocycles. The molecule has 1 fully saturated rings. The summed E-state index contributed by atoms with van der Waals surface area (Å²) in [7, 11) is 0. The molecule has 1 N–H and O–H groups in total. The van der Waals surface area contributed by atoms with Crippen LogP contribution in [0.3, 0.4) is 0 Å². The van der Waals surface area contributed by atoms with Crippen molar-refractivity contribution in [3.8, 4) is 0 Å². The third kappa shape index (κ3) is 2.95. The molecule has 0 radical (unpaired) electrons. The summed E-state index contributed by atoms with van der Waals surface area (Å²) >= 11 is 3.31. The minimum absolute atomic E-state index is 0.107. The molecule has 0 spiro atoms. The zero-order valence-electron chi connectivity index (χ0n) is 9.17. The lowest BCUT2D eigenvalue weighted by molar-refractivity contribution is 0.0943. The SMILES string of the molecule is O=C(CCC1CCNCC1)c1occc1Br. The Labute approximate surface area is 104 Å². The lowest BCUT2D eigenvalue weighted by atomic mass is 9.92. The standard InChI is InChI=1S/C12H16BrNO2/c13-10-5-8-16-12(10)11(15)2-1-9-3-6-14-7-4-9/h5,8-9,14H,1-4,6-7H2. The van der Waals surface area contributed by atoms with Crippen LogP contribution in [0.1, 0.15) is 36.2 Å². The van der Waals surface area contributed by atoms with Gasteiger partial charge >= 0.3 is 0 Å². The fourth-order valence-electron chi connectivity index (χ4n) is 2.11. The Morgan fingerprint density at radius 1 is 1.50 bits per heavy atom. The molecule has 0 atom stereocenters. The summed E-state index contributed by atoms with van der Waals surface area (Å²) in [5, 5.41) is 3.33. The maximum atomic E-state index is 11.8. The monoisotopic (exact) mass is 285 g/mol. The molecule has 16 heavy (non-hydrogen) atoms.